The Hall–Kier alpha value is -2.08. The summed E-state index contributed by atoms with van der Waals surface area (Å²) < 4.78 is 4.94. The molecular weight excluding hydrogens is 236 g/mol. The largest absolute Gasteiger partial charge is 0.481 e. The van der Waals surface area contributed by atoms with Gasteiger partial charge in [0.05, 0.1) is 12.5 Å². The van der Waals surface area contributed by atoms with Gasteiger partial charge in [0, 0.05) is 19.3 Å². The zero-order valence-corrected chi connectivity index (χ0v) is 10.1. The van der Waals surface area contributed by atoms with Gasteiger partial charge >= 0.3 is 12.0 Å². The van der Waals surface area contributed by atoms with E-state index in [4.69, 9.17) is 9.84 Å². The highest BCUT2D eigenvalue weighted by Crippen LogP contribution is 2.04. The minimum absolute atomic E-state index is 0.140. The van der Waals surface area contributed by atoms with Gasteiger partial charge in [-0.25, -0.2) is 4.79 Å². The maximum absolute atomic E-state index is 11.5. The summed E-state index contributed by atoms with van der Waals surface area (Å²) in [5.74, 6) is -0.966. The summed E-state index contributed by atoms with van der Waals surface area (Å²) in [4.78, 5) is 22.0. The number of benzene rings is 1. The van der Waals surface area contributed by atoms with Crippen molar-refractivity contribution >= 4 is 17.7 Å². The fourth-order valence-corrected chi connectivity index (χ4v) is 1.34. The zero-order chi connectivity index (χ0) is 13.4. The summed E-state index contributed by atoms with van der Waals surface area (Å²) in [5.41, 5.74) is 0.669. The fourth-order valence-electron chi connectivity index (χ4n) is 1.34. The molecule has 1 rings (SSSR count). The van der Waals surface area contributed by atoms with Gasteiger partial charge in [-0.3, -0.25) is 4.79 Å². The van der Waals surface area contributed by atoms with E-state index in [0.29, 0.717) is 5.69 Å². The number of urea groups is 1. The van der Waals surface area contributed by atoms with Gasteiger partial charge < -0.3 is 20.5 Å². The van der Waals surface area contributed by atoms with Crippen molar-refractivity contribution in [3.8, 4) is 0 Å². The van der Waals surface area contributed by atoms with Crippen molar-refractivity contribution in [2.24, 2.45) is 0 Å². The van der Waals surface area contributed by atoms with E-state index < -0.39 is 18.1 Å². The first kappa shape index (κ1) is 14.0. The van der Waals surface area contributed by atoms with Crippen LogP contribution in [0.15, 0.2) is 30.3 Å². The molecule has 1 atom stereocenters. The van der Waals surface area contributed by atoms with Crippen LogP contribution in [-0.2, 0) is 9.53 Å². The lowest BCUT2D eigenvalue weighted by molar-refractivity contribution is -0.139. The molecule has 18 heavy (non-hydrogen) atoms. The fraction of sp³-hybridized carbons (Fsp3) is 0.333. The van der Waals surface area contributed by atoms with Gasteiger partial charge in [-0.05, 0) is 12.1 Å². The molecule has 0 aliphatic heterocycles. The van der Waals surface area contributed by atoms with Crippen molar-refractivity contribution in [3.63, 3.8) is 0 Å². The molecule has 0 saturated heterocycles. The molecule has 1 unspecified atom stereocenters. The summed E-state index contributed by atoms with van der Waals surface area (Å²) in [6, 6.07) is 8.57. The van der Waals surface area contributed by atoms with Crippen LogP contribution in [0.1, 0.15) is 6.42 Å². The van der Waals surface area contributed by atoms with Crippen LogP contribution >= 0.6 is 0 Å². The van der Waals surface area contributed by atoms with Gasteiger partial charge in [0.15, 0.2) is 0 Å². The molecule has 0 aromatic heterocycles. The Kier molecular flexibility index (Phi) is 5.66. The number of anilines is 1. The predicted octanol–water partition coefficient (Wildman–Crippen LogP) is 1.30. The van der Waals surface area contributed by atoms with Crippen LogP contribution < -0.4 is 10.6 Å². The summed E-state index contributed by atoms with van der Waals surface area (Å²) in [6.45, 7) is 0.140. The highest BCUT2D eigenvalue weighted by Gasteiger charge is 2.13. The molecular formula is C12H16N2O4. The summed E-state index contributed by atoms with van der Waals surface area (Å²) in [6.07, 6.45) is -0.689. The van der Waals surface area contributed by atoms with E-state index in [1.54, 1.807) is 24.3 Å². The molecule has 0 heterocycles. The van der Waals surface area contributed by atoms with Gasteiger partial charge in [-0.2, -0.15) is 0 Å². The maximum atomic E-state index is 11.5. The van der Waals surface area contributed by atoms with E-state index in [1.165, 1.54) is 7.11 Å². The minimum Gasteiger partial charge on any atom is -0.481 e. The third kappa shape index (κ3) is 5.31. The van der Waals surface area contributed by atoms with E-state index in [1.807, 2.05) is 6.07 Å². The quantitative estimate of drug-likeness (QED) is 0.712. The average molecular weight is 252 g/mol. The number of carbonyl (C=O) groups is 2. The van der Waals surface area contributed by atoms with Crippen LogP contribution in [0.25, 0.3) is 0 Å². The van der Waals surface area contributed by atoms with Crippen molar-refractivity contribution in [3.05, 3.63) is 30.3 Å². The highest BCUT2D eigenvalue weighted by molar-refractivity contribution is 5.89. The minimum atomic E-state index is -0.966. The Labute approximate surface area is 105 Å². The van der Waals surface area contributed by atoms with Crippen molar-refractivity contribution in [1.29, 1.82) is 0 Å². The van der Waals surface area contributed by atoms with Gasteiger partial charge in [0.25, 0.3) is 0 Å². The van der Waals surface area contributed by atoms with Crippen LogP contribution in [0.3, 0.4) is 0 Å². The summed E-state index contributed by atoms with van der Waals surface area (Å²) in [7, 11) is 1.41. The first-order chi connectivity index (χ1) is 8.61. The molecule has 98 valence electrons. The van der Waals surface area contributed by atoms with Crippen molar-refractivity contribution in [1.82, 2.24) is 5.32 Å². The number of carbonyl (C=O) groups excluding carboxylic acids is 1. The Bertz CT molecular complexity index is 394. The first-order valence-electron chi connectivity index (χ1n) is 5.46. The number of aliphatic carboxylic acids is 1. The molecule has 1 aromatic rings. The first-order valence-corrected chi connectivity index (χ1v) is 5.46. The molecule has 0 radical (unpaired) electrons. The van der Waals surface area contributed by atoms with Crippen molar-refractivity contribution in [2.75, 3.05) is 19.0 Å². The number of hydrogen-bond donors (Lipinski definition) is 3. The molecule has 6 nitrogen and oxygen atoms in total. The number of amides is 2. The SMILES string of the molecule is COC(CNC(=O)Nc1ccccc1)CC(=O)O. The second-order valence-electron chi connectivity index (χ2n) is 3.66. The molecule has 2 amide bonds. The lowest BCUT2D eigenvalue weighted by Gasteiger charge is -2.14. The Morgan fingerprint density at radius 3 is 2.56 bits per heavy atom. The number of para-hydroxylation sites is 1. The highest BCUT2D eigenvalue weighted by atomic mass is 16.5. The number of nitrogens with one attached hydrogen (secondary N) is 2. The average Bonchev–Trinajstić information content (AvgIpc) is 2.35. The Balaban J connectivity index is 2.34. The molecule has 3 N–H and O–H groups in total. The molecule has 6 heteroatoms. The van der Waals surface area contributed by atoms with Crippen molar-refractivity contribution in [2.45, 2.75) is 12.5 Å². The zero-order valence-electron chi connectivity index (χ0n) is 10.1. The van der Waals surface area contributed by atoms with E-state index in [-0.39, 0.29) is 13.0 Å². The van der Waals surface area contributed by atoms with Crippen molar-refractivity contribution < 1.29 is 19.4 Å². The van der Waals surface area contributed by atoms with Gasteiger partial charge in [-0.15, -0.1) is 0 Å². The van der Waals surface area contributed by atoms with E-state index in [0.717, 1.165) is 0 Å². The number of carboxylic acid groups (broad SMARTS) is 1. The number of methoxy groups -OCH3 is 1. The predicted molar refractivity (Wildman–Crippen MR) is 66.5 cm³/mol. The van der Waals surface area contributed by atoms with Crippen LogP contribution in [0.4, 0.5) is 10.5 Å². The smallest absolute Gasteiger partial charge is 0.319 e. The lowest BCUT2D eigenvalue weighted by atomic mass is 10.2. The number of carboxylic acids is 1. The number of rotatable bonds is 6. The molecule has 0 aliphatic rings. The van der Waals surface area contributed by atoms with Crippen LogP contribution in [0.5, 0.6) is 0 Å². The molecule has 0 saturated carbocycles. The standard InChI is InChI=1S/C12H16N2O4/c1-18-10(7-11(15)16)8-13-12(17)14-9-5-3-2-4-6-9/h2-6,10H,7-8H2,1H3,(H,15,16)(H2,13,14,17). The topological polar surface area (TPSA) is 87.7 Å². The number of hydrogen-bond acceptors (Lipinski definition) is 3. The number of ether oxygens (including phenoxy) is 1. The van der Waals surface area contributed by atoms with E-state index in [9.17, 15) is 9.59 Å². The van der Waals surface area contributed by atoms with Gasteiger partial charge in [0.1, 0.15) is 0 Å². The van der Waals surface area contributed by atoms with Gasteiger partial charge in [0.2, 0.25) is 0 Å². The van der Waals surface area contributed by atoms with E-state index >= 15 is 0 Å². The third-order valence-corrected chi connectivity index (χ3v) is 2.26. The van der Waals surface area contributed by atoms with Crippen LogP contribution in [-0.4, -0.2) is 36.9 Å². The lowest BCUT2D eigenvalue weighted by Crippen LogP contribution is -2.37. The normalized spacial score (nSPS) is 11.6. The van der Waals surface area contributed by atoms with Crippen LogP contribution in [0.2, 0.25) is 0 Å². The molecule has 0 fully saturated rings. The van der Waals surface area contributed by atoms with Crippen LogP contribution in [0, 0.1) is 0 Å². The summed E-state index contributed by atoms with van der Waals surface area (Å²) in [5, 5.41) is 13.8. The Morgan fingerprint density at radius 2 is 2.00 bits per heavy atom. The van der Waals surface area contributed by atoms with E-state index in [2.05, 4.69) is 10.6 Å². The van der Waals surface area contributed by atoms with Gasteiger partial charge in [-0.1, -0.05) is 18.2 Å². The molecule has 1 aromatic carbocycles. The second kappa shape index (κ2) is 7.29. The molecule has 0 spiro atoms. The maximum Gasteiger partial charge on any atom is 0.319 e. The third-order valence-electron chi connectivity index (χ3n) is 2.26. The monoisotopic (exact) mass is 252 g/mol. The Morgan fingerprint density at radius 1 is 1.33 bits per heavy atom. The molecule has 0 bridgehead atoms. The summed E-state index contributed by atoms with van der Waals surface area (Å²) >= 11 is 0. The second-order valence-corrected chi connectivity index (χ2v) is 3.66. The molecule has 0 aliphatic carbocycles.